The summed E-state index contributed by atoms with van der Waals surface area (Å²) in [6.07, 6.45) is 13.0. The molecule has 4 bridgehead atoms. The number of carbonyl (C=O) groups excluding carboxylic acids is 6. The second-order valence-corrected chi connectivity index (χ2v) is 31.5. The minimum Gasteiger partial charge on any atom is -0.476 e. The molecule has 9 N–H and O–H groups in total. The second kappa shape index (κ2) is 31.1. The number of alkyl halides is 3. The van der Waals surface area contributed by atoms with Gasteiger partial charge in [0.05, 0.1) is 55.8 Å². The standard InChI is InChI=1S/C72H91N15O9S.C2HF3O2/c1-45(2)60(80-57(88)26-34-96-35-30-85-58(89)24-25-59(85)90)65(92)77-54(16-11-28-74-67(73)95)64(91)76-49-20-18-48(19-21-49)37-87(31-9-10-32-87)33-13-27-71-39-69(5)38-70(6,40-71)42-72(41-69,43-71)44-86-47(4)52(36-75-86)51-22-23-56(79-61(51)66(93)94)84-29-12-14-50-46(3)62(82-83-63(50)84)81-68-78-53-15-7-8-17-55(53)97-68;3-2(4,5)1(6)7/h7-8,15,17-25,36,45,54,60H,9-14,16,26-35,37-44H2,1-6H3,(H7-,73,74,76,77,78,80,81,82,88,91,92,93,94,95);(H,6,7)/p+1/t54-,60-,69+,70?,71?,72?;/m0./s1. The number of quaternary nitrogens is 1. The number of ether oxygens (including phenoxy) is 1. The number of anilines is 5. The Morgan fingerprint density at radius 1 is 0.808 bits per heavy atom. The minimum atomic E-state index is -5.08. The zero-order valence-electron chi connectivity index (χ0n) is 59.6. The van der Waals surface area contributed by atoms with Crippen molar-refractivity contribution in [2.24, 2.45) is 33.3 Å². The van der Waals surface area contributed by atoms with Gasteiger partial charge in [-0.15, -0.1) is 10.2 Å². The lowest BCUT2D eigenvalue weighted by atomic mass is 9.35. The van der Waals surface area contributed by atoms with Crippen molar-refractivity contribution in [1.82, 2.24) is 50.8 Å². The fourth-order valence-electron chi connectivity index (χ4n) is 18.2. The molecule has 5 fully saturated rings. The van der Waals surface area contributed by atoms with Gasteiger partial charge in [0.1, 0.15) is 24.4 Å². The number of nitrogens with two attached hydrogens (primary N) is 1. The van der Waals surface area contributed by atoms with E-state index in [1.54, 1.807) is 25.2 Å². The van der Waals surface area contributed by atoms with Gasteiger partial charge in [0.15, 0.2) is 22.5 Å². The van der Waals surface area contributed by atoms with Gasteiger partial charge in [-0.3, -0.25) is 33.6 Å². The van der Waals surface area contributed by atoms with E-state index in [0.29, 0.717) is 41.7 Å². The fraction of sp³-hybridized carbons (Fsp3) is 0.527. The molecule has 3 unspecified atom stereocenters. The van der Waals surface area contributed by atoms with Crippen LogP contribution in [0.5, 0.6) is 0 Å². The van der Waals surface area contributed by atoms with Gasteiger partial charge in [0, 0.05) is 90.2 Å². The molecule has 4 saturated carbocycles. The zero-order valence-corrected chi connectivity index (χ0v) is 60.4. The summed E-state index contributed by atoms with van der Waals surface area (Å²) >= 11 is 1.56. The number of para-hydroxylation sites is 1. The number of carboxylic acids is 2. The molecule has 104 heavy (non-hydrogen) atoms. The van der Waals surface area contributed by atoms with Crippen molar-refractivity contribution >= 4 is 97.3 Å². The van der Waals surface area contributed by atoms with E-state index in [1.165, 1.54) is 56.2 Å². The summed E-state index contributed by atoms with van der Waals surface area (Å²) < 4.78 is 41.5. The Morgan fingerprint density at radius 3 is 2.16 bits per heavy atom. The highest BCUT2D eigenvalue weighted by Gasteiger charge is 2.65. The Kier molecular flexibility index (Phi) is 22.7. The van der Waals surface area contributed by atoms with Crippen LogP contribution in [0.15, 0.2) is 79.0 Å². The van der Waals surface area contributed by atoms with Crippen molar-refractivity contribution in [2.45, 2.75) is 169 Å². The number of imide groups is 1. The molecule has 4 aliphatic carbocycles. The number of benzene rings is 2. The van der Waals surface area contributed by atoms with E-state index in [1.807, 2.05) is 66.6 Å². The third kappa shape index (κ3) is 17.7. The summed E-state index contributed by atoms with van der Waals surface area (Å²) in [4.78, 5) is 111. The Morgan fingerprint density at radius 2 is 1.50 bits per heavy atom. The lowest BCUT2D eigenvalue weighted by Gasteiger charge is -2.70. The molecule has 26 nitrogen and oxygen atoms in total. The Labute approximate surface area is 605 Å². The van der Waals surface area contributed by atoms with Gasteiger partial charge in [-0.05, 0) is 155 Å². The number of carbonyl (C=O) groups is 8. The van der Waals surface area contributed by atoms with Crippen LogP contribution in [0.4, 0.5) is 46.2 Å². The summed E-state index contributed by atoms with van der Waals surface area (Å²) in [5.74, 6) is -4.63. The number of fused-ring (bicyclic) bond motifs is 2. The van der Waals surface area contributed by atoms with E-state index < -0.39 is 65.8 Å². The zero-order chi connectivity index (χ0) is 74.5. The Bertz CT molecular complexity index is 4200. The second-order valence-electron chi connectivity index (χ2n) is 30.5. The van der Waals surface area contributed by atoms with Crippen LogP contribution >= 0.6 is 11.3 Å². The van der Waals surface area contributed by atoms with Crippen LogP contribution in [0.25, 0.3) is 21.3 Å². The number of primary amides is 1. The summed E-state index contributed by atoms with van der Waals surface area (Å²) in [6.45, 7) is 18.7. The molecule has 3 aliphatic heterocycles. The van der Waals surface area contributed by atoms with Crippen LogP contribution in [0.3, 0.4) is 0 Å². The highest BCUT2D eigenvalue weighted by atomic mass is 32.1. The van der Waals surface area contributed by atoms with Crippen molar-refractivity contribution in [3.63, 3.8) is 0 Å². The van der Waals surface area contributed by atoms with Crippen molar-refractivity contribution in [3.8, 4) is 11.1 Å². The number of rotatable bonds is 29. The number of pyridine rings is 1. The van der Waals surface area contributed by atoms with Crippen LogP contribution in [-0.4, -0.2) is 168 Å². The first-order valence-electron chi connectivity index (χ1n) is 35.7. The quantitative estimate of drug-likeness (QED) is 0.0123. The fourth-order valence-corrected chi connectivity index (χ4v) is 19.1. The highest BCUT2D eigenvalue weighted by molar-refractivity contribution is 7.22. The smallest absolute Gasteiger partial charge is 0.476 e. The molecule has 7 heterocycles. The Balaban J connectivity index is 0.00000147. The van der Waals surface area contributed by atoms with E-state index in [4.69, 9.17) is 40.5 Å². The predicted molar refractivity (Wildman–Crippen MR) is 384 cm³/mol. The number of hydrogen-bond acceptors (Lipinski definition) is 17. The molecule has 4 aromatic heterocycles. The number of nitrogens with one attached hydrogen (secondary N) is 5. The van der Waals surface area contributed by atoms with E-state index in [-0.39, 0.29) is 72.4 Å². The molecular weight excluding hydrogens is 1360 g/mol. The van der Waals surface area contributed by atoms with Gasteiger partial charge in [-0.25, -0.2) is 24.4 Å². The predicted octanol–water partition coefficient (Wildman–Crippen LogP) is 10.4. The maximum atomic E-state index is 14.1. The van der Waals surface area contributed by atoms with Crippen molar-refractivity contribution in [1.29, 1.82) is 0 Å². The maximum absolute atomic E-state index is 14.1. The van der Waals surface area contributed by atoms with Gasteiger partial charge < -0.3 is 56.7 Å². The molecule has 7 aliphatic rings. The topological polar surface area (TPSA) is 348 Å². The summed E-state index contributed by atoms with van der Waals surface area (Å²) in [5.41, 5.74) is 12.9. The van der Waals surface area contributed by atoms with Crippen LogP contribution in [0.2, 0.25) is 0 Å². The lowest BCUT2D eigenvalue weighted by molar-refractivity contribution is -0.930. The number of urea groups is 1. The molecule has 1 saturated heterocycles. The van der Waals surface area contributed by atoms with Crippen molar-refractivity contribution in [3.05, 3.63) is 107 Å². The van der Waals surface area contributed by atoms with E-state index >= 15 is 0 Å². The molecule has 0 spiro atoms. The third-order valence-corrected chi connectivity index (χ3v) is 22.4. The first-order valence-corrected chi connectivity index (χ1v) is 36.5. The molecule has 13 rings (SSSR count). The van der Waals surface area contributed by atoms with Crippen LogP contribution in [-0.2, 0) is 53.0 Å². The number of aromatic carboxylic acids is 1. The number of halogens is 3. The molecule has 7 amide bonds. The van der Waals surface area contributed by atoms with Gasteiger partial charge in [-0.2, -0.15) is 18.3 Å². The van der Waals surface area contributed by atoms with Crippen LogP contribution in [0, 0.1) is 41.4 Å². The van der Waals surface area contributed by atoms with Gasteiger partial charge in [-0.1, -0.05) is 63.3 Å². The molecule has 556 valence electrons. The molecule has 0 radical (unpaired) electrons. The highest BCUT2D eigenvalue weighted by Crippen LogP contribution is 2.75. The normalized spacial score (nSPS) is 22.1. The molecule has 30 heteroatoms. The maximum Gasteiger partial charge on any atom is 0.490 e. The van der Waals surface area contributed by atoms with Crippen molar-refractivity contribution in [2.75, 3.05) is 68.0 Å². The number of amides is 7. The monoisotopic (exact) mass is 1460 g/mol. The number of carboxylic acid groups (broad SMARTS) is 2. The molecule has 2 aromatic carbocycles. The molecular formula is C74H93F3N15O11S+. The first-order chi connectivity index (χ1) is 49.3. The third-order valence-electron chi connectivity index (χ3n) is 21.5. The van der Waals surface area contributed by atoms with Crippen molar-refractivity contribution < 1.29 is 71.0 Å². The number of likely N-dealkylation sites (tertiary alicyclic amines) is 1. The SMILES string of the molecule is Cc1c(Nc2nc3ccccc3s2)nnc2c1CCCN2c1ccc(-c2cnn(CC34CC5(C)CC(CCC[N+]6(Cc7ccc(NC(=O)[C@H](CCCNC(N)=O)NC(=O)[C@@H](NC(=O)CCOCCN8C(=O)C=CC8=O)C(C)C)cc7)CCCC6)(C3)C[C@@](C)(C5)C4)c2C)c(C(=O)O)n1.O=C(O)C(F)(F)F. The van der Waals surface area contributed by atoms with E-state index in [9.17, 15) is 51.8 Å². The Hall–Kier alpha value is -9.42. The van der Waals surface area contributed by atoms with Gasteiger partial charge >= 0.3 is 24.1 Å². The summed E-state index contributed by atoms with van der Waals surface area (Å²) in [6, 6.07) is 17.1. The number of aromatic nitrogens is 6. The van der Waals surface area contributed by atoms with Gasteiger partial charge in [0.2, 0.25) is 17.7 Å². The number of aliphatic carboxylic acids is 1. The largest absolute Gasteiger partial charge is 0.490 e. The number of nitrogens with zero attached hydrogens (tertiary/aromatic N) is 9. The summed E-state index contributed by atoms with van der Waals surface area (Å²) in [7, 11) is 0. The minimum absolute atomic E-state index is 0.00134. The number of hydrogen-bond donors (Lipinski definition) is 8. The summed E-state index contributed by atoms with van der Waals surface area (Å²) in [5, 5.41) is 47.7. The lowest BCUT2D eigenvalue weighted by Crippen LogP contribution is -2.60. The van der Waals surface area contributed by atoms with E-state index in [0.717, 1.165) is 118 Å². The average Bonchev–Trinajstić information content (AvgIpc) is 0.793. The number of thiazole rings is 1. The average molecular weight is 1460 g/mol. The first kappa shape index (κ1) is 75.7. The van der Waals surface area contributed by atoms with Crippen LogP contribution < -0.4 is 37.2 Å². The molecule has 6 aromatic rings. The van der Waals surface area contributed by atoms with E-state index in [2.05, 4.69) is 69.3 Å². The van der Waals surface area contributed by atoms with Gasteiger partial charge in [0.25, 0.3) is 11.8 Å². The molecule has 6 atom stereocenters. The van der Waals surface area contributed by atoms with Crippen LogP contribution in [0.1, 0.15) is 150 Å².